The van der Waals surface area contributed by atoms with Crippen LogP contribution >= 0.6 is 0 Å². The molecule has 1 amide bonds. The largest absolute Gasteiger partial charge is 0.493 e. The minimum absolute atomic E-state index is 0.183. The van der Waals surface area contributed by atoms with Crippen LogP contribution in [0, 0.1) is 0 Å². The summed E-state index contributed by atoms with van der Waals surface area (Å²) in [6.07, 6.45) is 3.27. The van der Waals surface area contributed by atoms with Crippen molar-refractivity contribution in [3.8, 4) is 23.0 Å². The molecule has 0 N–H and O–H groups in total. The van der Waals surface area contributed by atoms with E-state index in [4.69, 9.17) is 18.9 Å². The molecule has 2 aromatic rings. The predicted octanol–water partition coefficient (Wildman–Crippen LogP) is 4.34. The zero-order valence-electron chi connectivity index (χ0n) is 23.0. The molecule has 2 aromatic carbocycles. The number of likely N-dealkylation sites (N-methyl/N-ethyl adjacent to an activating group) is 1. The lowest BCUT2D eigenvalue weighted by Gasteiger charge is -2.34. The number of ether oxygens (including phenoxy) is 4. The Morgan fingerprint density at radius 1 is 0.861 bits per heavy atom. The number of fused-ring (bicyclic) bond motifs is 2. The van der Waals surface area contributed by atoms with Crippen molar-refractivity contribution in [1.29, 1.82) is 0 Å². The van der Waals surface area contributed by atoms with Crippen molar-refractivity contribution in [2.24, 2.45) is 0 Å². The van der Waals surface area contributed by atoms with E-state index in [9.17, 15) is 4.79 Å². The molecule has 0 bridgehead atoms. The molecule has 0 aromatic heterocycles. The van der Waals surface area contributed by atoms with Crippen molar-refractivity contribution in [2.45, 2.75) is 45.4 Å². The van der Waals surface area contributed by atoms with E-state index in [1.54, 1.807) is 28.4 Å². The van der Waals surface area contributed by atoms with Gasteiger partial charge >= 0.3 is 0 Å². The molecule has 0 radical (unpaired) electrons. The maximum Gasteiger partial charge on any atom is 0.227 e. The summed E-state index contributed by atoms with van der Waals surface area (Å²) >= 11 is 0. The van der Waals surface area contributed by atoms with Crippen LogP contribution in [0.2, 0.25) is 0 Å². The minimum atomic E-state index is 0.183. The SMILES string of the molecule is CC.COc1cc2c(cc1OC)CC(=O)N(CCCN(C)CC1Cc3cc(OC)c(OC)cc31)CC2. The molecular formula is C29H42N2O5. The van der Waals surface area contributed by atoms with Gasteiger partial charge in [-0.3, -0.25) is 4.79 Å². The van der Waals surface area contributed by atoms with Gasteiger partial charge in [0.25, 0.3) is 0 Å². The Morgan fingerprint density at radius 3 is 2.03 bits per heavy atom. The number of nitrogens with zero attached hydrogens (tertiary/aromatic N) is 2. The van der Waals surface area contributed by atoms with Crippen LogP contribution in [0.5, 0.6) is 23.0 Å². The van der Waals surface area contributed by atoms with Gasteiger partial charge in [0.05, 0.1) is 34.9 Å². The van der Waals surface area contributed by atoms with E-state index in [0.717, 1.165) is 68.3 Å². The van der Waals surface area contributed by atoms with Gasteiger partial charge in [-0.15, -0.1) is 0 Å². The molecule has 0 saturated heterocycles. The van der Waals surface area contributed by atoms with Crippen LogP contribution in [0.3, 0.4) is 0 Å². The first kappa shape index (κ1) is 27.7. The van der Waals surface area contributed by atoms with Crippen molar-refractivity contribution in [3.05, 3.63) is 46.5 Å². The fraction of sp³-hybridized carbons (Fsp3) is 0.552. The van der Waals surface area contributed by atoms with Crippen LogP contribution in [0.15, 0.2) is 24.3 Å². The van der Waals surface area contributed by atoms with E-state index in [0.29, 0.717) is 18.1 Å². The van der Waals surface area contributed by atoms with Gasteiger partial charge in [-0.25, -0.2) is 0 Å². The highest BCUT2D eigenvalue weighted by atomic mass is 16.5. The molecule has 1 atom stereocenters. The summed E-state index contributed by atoms with van der Waals surface area (Å²) in [7, 11) is 8.79. The Bertz CT molecular complexity index is 1040. The van der Waals surface area contributed by atoms with Crippen LogP contribution in [-0.4, -0.2) is 77.4 Å². The first-order chi connectivity index (χ1) is 17.5. The summed E-state index contributed by atoms with van der Waals surface area (Å²) in [5, 5.41) is 0. The molecule has 36 heavy (non-hydrogen) atoms. The molecule has 1 aliphatic heterocycles. The van der Waals surface area contributed by atoms with Crippen molar-refractivity contribution in [3.63, 3.8) is 0 Å². The van der Waals surface area contributed by atoms with Gasteiger partial charge < -0.3 is 28.7 Å². The Kier molecular flexibility index (Phi) is 9.88. The van der Waals surface area contributed by atoms with Gasteiger partial charge in [-0.2, -0.15) is 0 Å². The third kappa shape index (κ3) is 6.06. The second-order valence-electron chi connectivity index (χ2n) is 9.21. The minimum Gasteiger partial charge on any atom is -0.493 e. The van der Waals surface area contributed by atoms with Crippen molar-refractivity contribution in [2.75, 3.05) is 61.7 Å². The second kappa shape index (κ2) is 12.9. The standard InChI is InChI=1S/C27H36N2O5.C2H6/c1-28(17-21-11-20-14-25(33-4)26(34-5)16-22(20)21)8-6-9-29-10-7-18-12-23(31-2)24(32-3)13-19(18)15-27(29)30;1-2/h12-14,16,21H,6-11,15,17H2,1-5H3;1-2H3. The van der Waals surface area contributed by atoms with E-state index in [1.807, 2.05) is 30.9 Å². The van der Waals surface area contributed by atoms with E-state index in [-0.39, 0.29) is 5.91 Å². The van der Waals surface area contributed by atoms with Crippen LogP contribution in [-0.2, 0) is 24.1 Å². The Morgan fingerprint density at radius 2 is 1.42 bits per heavy atom. The highest BCUT2D eigenvalue weighted by molar-refractivity contribution is 5.80. The Labute approximate surface area is 216 Å². The predicted molar refractivity (Wildman–Crippen MR) is 143 cm³/mol. The van der Waals surface area contributed by atoms with Gasteiger partial charge in [-0.05, 0) is 79.4 Å². The molecule has 2 aliphatic rings. The van der Waals surface area contributed by atoms with Crippen molar-refractivity contribution >= 4 is 5.91 Å². The average molecular weight is 499 g/mol. The molecule has 0 spiro atoms. The Hall–Kier alpha value is -2.93. The summed E-state index contributed by atoms with van der Waals surface area (Å²) < 4.78 is 21.7. The maximum absolute atomic E-state index is 12.9. The van der Waals surface area contributed by atoms with Gasteiger partial charge in [-0.1, -0.05) is 13.8 Å². The van der Waals surface area contributed by atoms with Crippen LogP contribution in [0.4, 0.5) is 0 Å². The molecule has 0 fully saturated rings. The summed E-state index contributed by atoms with van der Waals surface area (Å²) in [5.41, 5.74) is 4.91. The molecule has 0 saturated carbocycles. The second-order valence-corrected chi connectivity index (χ2v) is 9.21. The summed E-state index contributed by atoms with van der Waals surface area (Å²) in [4.78, 5) is 17.3. The van der Waals surface area contributed by atoms with Gasteiger partial charge in [0.1, 0.15) is 0 Å². The topological polar surface area (TPSA) is 60.5 Å². The number of hydrogen-bond donors (Lipinski definition) is 0. The average Bonchev–Trinajstić information content (AvgIpc) is 3.04. The number of carbonyl (C=O) groups excluding carboxylic acids is 1. The van der Waals surface area contributed by atoms with Crippen molar-refractivity contribution < 1.29 is 23.7 Å². The highest BCUT2D eigenvalue weighted by Crippen LogP contribution is 2.42. The molecule has 198 valence electrons. The normalized spacial score (nSPS) is 16.2. The monoisotopic (exact) mass is 498 g/mol. The lowest BCUT2D eigenvalue weighted by Crippen LogP contribution is -2.36. The van der Waals surface area contributed by atoms with E-state index in [1.165, 1.54) is 16.7 Å². The lowest BCUT2D eigenvalue weighted by molar-refractivity contribution is -0.130. The molecule has 7 heteroatoms. The number of methoxy groups -OCH3 is 4. The summed E-state index contributed by atoms with van der Waals surface area (Å²) in [6.45, 7) is 7.47. The quantitative estimate of drug-likeness (QED) is 0.486. The molecule has 7 nitrogen and oxygen atoms in total. The van der Waals surface area contributed by atoms with Crippen molar-refractivity contribution in [1.82, 2.24) is 9.80 Å². The Balaban J connectivity index is 0.00000176. The number of hydrogen-bond acceptors (Lipinski definition) is 6. The molecule has 1 unspecified atom stereocenters. The fourth-order valence-corrected chi connectivity index (χ4v) is 5.15. The van der Waals surface area contributed by atoms with E-state index >= 15 is 0 Å². The van der Waals surface area contributed by atoms with Gasteiger partial charge in [0.15, 0.2) is 23.0 Å². The summed E-state index contributed by atoms with van der Waals surface area (Å²) in [5.74, 6) is 3.69. The van der Waals surface area contributed by atoms with Gasteiger partial charge in [0.2, 0.25) is 5.91 Å². The van der Waals surface area contributed by atoms with E-state index < -0.39 is 0 Å². The third-order valence-electron chi connectivity index (χ3n) is 7.10. The highest BCUT2D eigenvalue weighted by Gasteiger charge is 2.29. The van der Waals surface area contributed by atoms with Crippen LogP contribution in [0.1, 0.15) is 48.4 Å². The third-order valence-corrected chi connectivity index (χ3v) is 7.10. The fourth-order valence-electron chi connectivity index (χ4n) is 5.15. The first-order valence-electron chi connectivity index (χ1n) is 12.9. The lowest BCUT2D eigenvalue weighted by atomic mass is 9.77. The number of benzene rings is 2. The van der Waals surface area contributed by atoms with Gasteiger partial charge in [0, 0.05) is 25.6 Å². The number of rotatable bonds is 10. The maximum atomic E-state index is 12.9. The summed E-state index contributed by atoms with van der Waals surface area (Å²) in [6, 6.07) is 8.18. The number of amides is 1. The molecule has 1 heterocycles. The smallest absolute Gasteiger partial charge is 0.227 e. The molecule has 4 rings (SSSR count). The number of carbonyl (C=O) groups is 1. The zero-order valence-corrected chi connectivity index (χ0v) is 23.0. The van der Waals surface area contributed by atoms with Crippen LogP contribution < -0.4 is 18.9 Å². The van der Waals surface area contributed by atoms with E-state index in [2.05, 4.69) is 24.1 Å². The zero-order chi connectivity index (χ0) is 26.2. The van der Waals surface area contributed by atoms with Crippen LogP contribution in [0.25, 0.3) is 0 Å². The molecule has 1 aliphatic carbocycles. The first-order valence-corrected chi connectivity index (χ1v) is 12.9. The molecular weight excluding hydrogens is 456 g/mol.